The minimum Gasteiger partial charge on any atom is -0.434 e. The SMILES string of the molecule is CCC1CCc2c(Oc3c(Cl)cc(-n4nc(C#N)c(=O)[nH]c4=O)cc3Cl)n[nH]c(=O)c21. The van der Waals surface area contributed by atoms with E-state index in [0.29, 0.717) is 17.5 Å². The third-order valence-corrected chi connectivity index (χ3v) is 5.65. The summed E-state index contributed by atoms with van der Waals surface area (Å²) in [4.78, 5) is 37.9. The molecule has 2 heterocycles. The summed E-state index contributed by atoms with van der Waals surface area (Å²) in [6.07, 6.45) is 2.28. The van der Waals surface area contributed by atoms with Crippen LogP contribution in [-0.2, 0) is 6.42 Å². The van der Waals surface area contributed by atoms with E-state index in [0.717, 1.165) is 17.5 Å². The Morgan fingerprint density at radius 1 is 1.26 bits per heavy atom. The molecule has 3 aromatic rings. The Morgan fingerprint density at radius 2 is 1.97 bits per heavy atom. The minimum absolute atomic E-state index is 0.0349. The van der Waals surface area contributed by atoms with Crippen molar-refractivity contribution in [1.29, 1.82) is 5.26 Å². The van der Waals surface area contributed by atoms with Gasteiger partial charge in [0.25, 0.3) is 11.1 Å². The van der Waals surface area contributed by atoms with E-state index in [1.807, 2.05) is 11.9 Å². The van der Waals surface area contributed by atoms with Crippen LogP contribution >= 0.6 is 23.2 Å². The third kappa shape index (κ3) is 3.62. The maximum atomic E-state index is 12.2. The molecule has 1 unspecified atom stereocenters. The van der Waals surface area contributed by atoms with Gasteiger partial charge in [-0.25, -0.2) is 9.89 Å². The lowest BCUT2D eigenvalue weighted by Crippen LogP contribution is -2.33. The van der Waals surface area contributed by atoms with E-state index in [1.165, 1.54) is 12.1 Å². The van der Waals surface area contributed by atoms with Crippen molar-refractivity contribution in [3.8, 4) is 23.4 Å². The van der Waals surface area contributed by atoms with E-state index in [4.69, 9.17) is 33.2 Å². The molecule has 0 fully saturated rings. The van der Waals surface area contributed by atoms with E-state index in [1.54, 1.807) is 6.07 Å². The Bertz CT molecular complexity index is 1400. The van der Waals surface area contributed by atoms with Crippen molar-refractivity contribution in [3.63, 3.8) is 0 Å². The maximum absolute atomic E-state index is 12.2. The summed E-state index contributed by atoms with van der Waals surface area (Å²) in [6.45, 7) is 2.01. The molecule has 2 aromatic heterocycles. The largest absolute Gasteiger partial charge is 0.434 e. The van der Waals surface area contributed by atoms with Crippen LogP contribution in [0.3, 0.4) is 0 Å². The molecule has 1 atom stereocenters. The second-order valence-electron chi connectivity index (χ2n) is 6.87. The molecule has 0 bridgehead atoms. The van der Waals surface area contributed by atoms with Gasteiger partial charge in [-0.3, -0.25) is 14.6 Å². The van der Waals surface area contributed by atoms with Crippen LogP contribution in [0.4, 0.5) is 0 Å². The number of nitrogens with zero attached hydrogens (tertiary/aromatic N) is 4. The van der Waals surface area contributed by atoms with Crippen LogP contribution in [0.5, 0.6) is 11.6 Å². The zero-order valence-electron chi connectivity index (χ0n) is 16.0. The average molecular weight is 461 g/mol. The number of H-pyrrole nitrogens is 2. The standard InChI is InChI=1S/C19H14Cl2N6O4/c1-2-8-3-4-10-14(8)17(29)24-25-18(10)31-15-11(20)5-9(6-12(15)21)27-19(30)23-16(28)13(7-22)26-27/h5-6,8H,2-4H2,1H3,(H,24,29)(H,23,28,30). The van der Waals surface area contributed by atoms with Gasteiger partial charge in [-0.05, 0) is 37.3 Å². The number of aromatic amines is 2. The van der Waals surface area contributed by atoms with Crippen LogP contribution < -0.4 is 21.5 Å². The maximum Gasteiger partial charge on any atom is 0.349 e. The van der Waals surface area contributed by atoms with Crippen LogP contribution in [0.1, 0.15) is 42.5 Å². The van der Waals surface area contributed by atoms with Gasteiger partial charge < -0.3 is 4.74 Å². The van der Waals surface area contributed by atoms with Crippen molar-refractivity contribution >= 4 is 23.2 Å². The minimum atomic E-state index is -0.899. The van der Waals surface area contributed by atoms with E-state index in [-0.39, 0.29) is 38.8 Å². The molecule has 4 rings (SSSR count). The predicted octanol–water partition coefficient (Wildman–Crippen LogP) is 2.41. The van der Waals surface area contributed by atoms with Gasteiger partial charge in [0.15, 0.2) is 5.75 Å². The number of fused-ring (bicyclic) bond motifs is 1. The van der Waals surface area contributed by atoms with Crippen LogP contribution in [0.15, 0.2) is 26.5 Å². The monoisotopic (exact) mass is 460 g/mol. The lowest BCUT2D eigenvalue weighted by atomic mass is 10.0. The number of nitrogens with one attached hydrogen (secondary N) is 2. The van der Waals surface area contributed by atoms with E-state index in [2.05, 4.69) is 15.3 Å². The smallest absolute Gasteiger partial charge is 0.349 e. The van der Waals surface area contributed by atoms with Gasteiger partial charge in [0.1, 0.15) is 6.07 Å². The first kappa shape index (κ1) is 20.8. The first-order valence-corrected chi connectivity index (χ1v) is 10.0. The lowest BCUT2D eigenvalue weighted by molar-refractivity contribution is 0.448. The highest BCUT2D eigenvalue weighted by Crippen LogP contribution is 2.41. The van der Waals surface area contributed by atoms with Crippen LogP contribution in [-0.4, -0.2) is 25.0 Å². The Hall–Kier alpha value is -3.42. The highest BCUT2D eigenvalue weighted by molar-refractivity contribution is 6.37. The molecule has 12 heteroatoms. The van der Waals surface area contributed by atoms with E-state index >= 15 is 0 Å². The molecule has 0 saturated carbocycles. The summed E-state index contributed by atoms with van der Waals surface area (Å²) in [5.74, 6) is 0.407. The number of aromatic nitrogens is 5. The molecule has 0 radical (unpaired) electrons. The molecule has 2 N–H and O–H groups in total. The molecule has 0 aliphatic heterocycles. The summed E-state index contributed by atoms with van der Waals surface area (Å²) in [5, 5.41) is 19.2. The highest BCUT2D eigenvalue weighted by Gasteiger charge is 2.29. The number of nitriles is 1. The van der Waals surface area contributed by atoms with Gasteiger partial charge in [0.05, 0.1) is 15.7 Å². The van der Waals surface area contributed by atoms with Crippen molar-refractivity contribution < 1.29 is 4.74 Å². The lowest BCUT2D eigenvalue weighted by Gasteiger charge is -2.13. The van der Waals surface area contributed by atoms with Crippen molar-refractivity contribution in [2.24, 2.45) is 0 Å². The van der Waals surface area contributed by atoms with Gasteiger partial charge in [-0.1, -0.05) is 30.1 Å². The average Bonchev–Trinajstić information content (AvgIpc) is 3.17. The fourth-order valence-corrected chi connectivity index (χ4v) is 4.17. The van der Waals surface area contributed by atoms with Crippen molar-refractivity contribution in [3.05, 3.63) is 70.2 Å². The zero-order valence-corrected chi connectivity index (χ0v) is 17.5. The molecule has 158 valence electrons. The molecular weight excluding hydrogens is 447 g/mol. The second kappa shape index (κ2) is 8.02. The van der Waals surface area contributed by atoms with Crippen molar-refractivity contribution in [2.75, 3.05) is 0 Å². The third-order valence-electron chi connectivity index (χ3n) is 5.09. The second-order valence-corrected chi connectivity index (χ2v) is 7.68. The number of ether oxygens (including phenoxy) is 1. The number of benzene rings is 1. The molecule has 0 amide bonds. The van der Waals surface area contributed by atoms with E-state index in [9.17, 15) is 14.4 Å². The molecule has 0 spiro atoms. The summed E-state index contributed by atoms with van der Waals surface area (Å²) in [6, 6.07) is 4.29. The molecular formula is C19H14Cl2N6O4. The molecule has 1 aliphatic carbocycles. The quantitative estimate of drug-likeness (QED) is 0.607. The summed E-state index contributed by atoms with van der Waals surface area (Å²) >= 11 is 12.7. The van der Waals surface area contributed by atoms with Crippen molar-refractivity contribution in [2.45, 2.75) is 32.1 Å². The van der Waals surface area contributed by atoms with Gasteiger partial charge >= 0.3 is 5.69 Å². The zero-order chi connectivity index (χ0) is 22.3. The summed E-state index contributed by atoms with van der Waals surface area (Å²) < 4.78 is 6.65. The number of hydrogen-bond donors (Lipinski definition) is 2. The molecule has 1 aromatic carbocycles. The van der Waals surface area contributed by atoms with Gasteiger partial charge in [0.2, 0.25) is 11.6 Å². The topological polar surface area (TPSA) is 147 Å². The van der Waals surface area contributed by atoms with Gasteiger partial charge in [-0.15, -0.1) is 10.2 Å². The fraction of sp³-hybridized carbons (Fsp3) is 0.263. The Labute approximate surface area is 184 Å². The van der Waals surface area contributed by atoms with Crippen LogP contribution in [0.25, 0.3) is 5.69 Å². The Balaban J connectivity index is 1.77. The normalized spacial score (nSPS) is 14.8. The van der Waals surface area contributed by atoms with Crippen molar-refractivity contribution in [1.82, 2.24) is 25.0 Å². The number of hydrogen-bond acceptors (Lipinski definition) is 7. The van der Waals surface area contributed by atoms with Gasteiger partial charge in [-0.2, -0.15) is 9.94 Å². The number of halogens is 2. The molecule has 0 saturated heterocycles. The Kier molecular flexibility index (Phi) is 5.39. The molecule has 31 heavy (non-hydrogen) atoms. The number of rotatable bonds is 4. The van der Waals surface area contributed by atoms with Gasteiger partial charge in [0, 0.05) is 11.1 Å². The Morgan fingerprint density at radius 3 is 2.61 bits per heavy atom. The van der Waals surface area contributed by atoms with Crippen LogP contribution in [0.2, 0.25) is 10.0 Å². The highest BCUT2D eigenvalue weighted by atomic mass is 35.5. The fourth-order valence-electron chi connectivity index (χ4n) is 3.62. The summed E-state index contributed by atoms with van der Waals surface area (Å²) in [5.41, 5.74) is -1.01. The van der Waals surface area contributed by atoms with E-state index < -0.39 is 16.9 Å². The summed E-state index contributed by atoms with van der Waals surface area (Å²) in [7, 11) is 0. The van der Waals surface area contributed by atoms with Crippen LogP contribution in [0, 0.1) is 11.3 Å². The molecule has 1 aliphatic rings. The molecule has 10 nitrogen and oxygen atoms in total. The first-order valence-electron chi connectivity index (χ1n) is 9.26. The predicted molar refractivity (Wildman–Crippen MR) is 111 cm³/mol. The first-order chi connectivity index (χ1) is 14.8.